The van der Waals surface area contributed by atoms with Gasteiger partial charge in [0.15, 0.2) is 0 Å². The summed E-state index contributed by atoms with van der Waals surface area (Å²) in [5, 5.41) is 20.0. The van der Waals surface area contributed by atoms with Crippen LogP contribution in [0.25, 0.3) is 0 Å². The summed E-state index contributed by atoms with van der Waals surface area (Å²) in [5.41, 5.74) is 5.11. The van der Waals surface area contributed by atoms with Gasteiger partial charge in [-0.1, -0.05) is 91.0 Å². The van der Waals surface area contributed by atoms with Crippen LogP contribution in [0.1, 0.15) is 23.1 Å². The summed E-state index contributed by atoms with van der Waals surface area (Å²) in [4.78, 5) is 11.6. The lowest BCUT2D eigenvalue weighted by molar-refractivity contribution is -0.159. The Morgan fingerprint density at radius 2 is 1.04 bits per heavy atom. The number of carbonyl (C=O) groups is 1. The SMILES string of the molecule is NC(O)(CC(c1ccccc1)(c1ccccc1)c1ccccc1)C(=O)O. The van der Waals surface area contributed by atoms with Crippen LogP contribution in [0.5, 0.6) is 0 Å². The van der Waals surface area contributed by atoms with Crippen molar-refractivity contribution in [3.05, 3.63) is 108 Å². The lowest BCUT2D eigenvalue weighted by Gasteiger charge is -2.39. The van der Waals surface area contributed by atoms with Crippen LogP contribution in [-0.4, -0.2) is 21.9 Å². The molecule has 0 saturated carbocycles. The van der Waals surface area contributed by atoms with E-state index < -0.39 is 17.1 Å². The molecule has 0 amide bonds. The van der Waals surface area contributed by atoms with E-state index in [1.54, 1.807) is 0 Å². The van der Waals surface area contributed by atoms with Crippen molar-refractivity contribution in [2.45, 2.75) is 17.6 Å². The smallest absolute Gasteiger partial charge is 0.351 e. The van der Waals surface area contributed by atoms with Crippen LogP contribution in [-0.2, 0) is 10.2 Å². The fourth-order valence-corrected chi connectivity index (χ4v) is 3.45. The van der Waals surface area contributed by atoms with Gasteiger partial charge in [-0.25, -0.2) is 4.79 Å². The van der Waals surface area contributed by atoms with Crippen molar-refractivity contribution in [1.29, 1.82) is 0 Å². The summed E-state index contributed by atoms with van der Waals surface area (Å²) in [6.45, 7) is 0. The van der Waals surface area contributed by atoms with Crippen LogP contribution < -0.4 is 5.73 Å². The minimum atomic E-state index is -2.39. The predicted octanol–water partition coefficient (Wildman–Crippen LogP) is 3.14. The van der Waals surface area contributed by atoms with Crippen LogP contribution in [0.4, 0.5) is 0 Å². The quantitative estimate of drug-likeness (QED) is 0.472. The number of hydrogen-bond donors (Lipinski definition) is 3. The van der Waals surface area contributed by atoms with Gasteiger partial charge in [-0.05, 0) is 16.7 Å². The molecule has 0 aliphatic rings. The molecule has 0 bridgehead atoms. The summed E-state index contributed by atoms with van der Waals surface area (Å²) in [5.74, 6) is -1.45. The summed E-state index contributed by atoms with van der Waals surface area (Å²) >= 11 is 0. The highest BCUT2D eigenvalue weighted by molar-refractivity contribution is 5.77. The first-order chi connectivity index (χ1) is 12.5. The van der Waals surface area contributed by atoms with E-state index in [0.717, 1.165) is 16.7 Å². The zero-order chi connectivity index (χ0) is 18.6. The van der Waals surface area contributed by atoms with Gasteiger partial charge in [0.05, 0.1) is 0 Å². The topological polar surface area (TPSA) is 83.5 Å². The maximum absolute atomic E-state index is 11.6. The first-order valence-electron chi connectivity index (χ1n) is 8.38. The fourth-order valence-electron chi connectivity index (χ4n) is 3.45. The van der Waals surface area contributed by atoms with Gasteiger partial charge in [-0.15, -0.1) is 0 Å². The normalized spacial score (nSPS) is 13.8. The molecular formula is C22H21NO3. The van der Waals surface area contributed by atoms with E-state index >= 15 is 0 Å². The second-order valence-electron chi connectivity index (χ2n) is 6.41. The number of benzene rings is 3. The molecule has 0 saturated heterocycles. The van der Waals surface area contributed by atoms with Crippen LogP contribution in [0, 0.1) is 0 Å². The molecule has 3 rings (SSSR count). The zero-order valence-corrected chi connectivity index (χ0v) is 14.2. The molecule has 132 valence electrons. The van der Waals surface area contributed by atoms with Crippen molar-refractivity contribution < 1.29 is 15.0 Å². The molecule has 26 heavy (non-hydrogen) atoms. The van der Waals surface area contributed by atoms with Crippen LogP contribution in [0.2, 0.25) is 0 Å². The van der Waals surface area contributed by atoms with E-state index in [2.05, 4.69) is 0 Å². The largest absolute Gasteiger partial charge is 0.478 e. The van der Waals surface area contributed by atoms with Crippen molar-refractivity contribution in [1.82, 2.24) is 0 Å². The second kappa shape index (κ2) is 7.12. The lowest BCUT2D eigenvalue weighted by Crippen LogP contribution is -2.53. The van der Waals surface area contributed by atoms with Gasteiger partial charge in [0.2, 0.25) is 5.72 Å². The molecule has 0 spiro atoms. The van der Waals surface area contributed by atoms with Crippen molar-refractivity contribution in [3.8, 4) is 0 Å². The summed E-state index contributed by atoms with van der Waals surface area (Å²) in [6.07, 6.45) is -0.201. The van der Waals surface area contributed by atoms with Gasteiger partial charge in [-0.3, -0.25) is 5.73 Å². The third kappa shape index (κ3) is 3.25. The molecule has 1 atom stereocenters. The average molecular weight is 347 g/mol. The third-order valence-electron chi connectivity index (χ3n) is 4.70. The summed E-state index contributed by atoms with van der Waals surface area (Å²) in [6, 6.07) is 28.6. The van der Waals surface area contributed by atoms with E-state index in [1.165, 1.54) is 0 Å². The maximum atomic E-state index is 11.6. The van der Waals surface area contributed by atoms with Crippen molar-refractivity contribution in [2.24, 2.45) is 5.73 Å². The molecule has 3 aromatic rings. The maximum Gasteiger partial charge on any atom is 0.351 e. The highest BCUT2D eigenvalue weighted by atomic mass is 16.4. The minimum absolute atomic E-state index is 0.201. The number of hydrogen-bond acceptors (Lipinski definition) is 3. The number of aliphatic carboxylic acids is 1. The third-order valence-corrected chi connectivity index (χ3v) is 4.70. The Morgan fingerprint density at radius 3 is 1.31 bits per heavy atom. The van der Waals surface area contributed by atoms with E-state index in [9.17, 15) is 15.0 Å². The number of nitrogens with two attached hydrogens (primary N) is 1. The molecule has 0 aliphatic heterocycles. The Balaban J connectivity index is 2.34. The Kier molecular flexibility index (Phi) is 4.89. The molecular weight excluding hydrogens is 326 g/mol. The molecule has 0 aromatic heterocycles. The van der Waals surface area contributed by atoms with Gasteiger partial charge in [-0.2, -0.15) is 0 Å². The molecule has 3 aromatic carbocycles. The van der Waals surface area contributed by atoms with E-state index in [1.807, 2.05) is 91.0 Å². The first kappa shape index (κ1) is 17.9. The highest BCUT2D eigenvalue weighted by Crippen LogP contribution is 2.44. The zero-order valence-electron chi connectivity index (χ0n) is 14.2. The number of aliphatic hydroxyl groups is 1. The number of rotatable bonds is 6. The van der Waals surface area contributed by atoms with Crippen LogP contribution in [0.15, 0.2) is 91.0 Å². The standard InChI is InChI=1S/C22H21NO3/c23-22(26,20(24)25)16-21(17-10-4-1-5-11-17,18-12-6-2-7-13-18)19-14-8-3-9-15-19/h1-15,26H,16,23H2,(H,24,25). The fraction of sp³-hybridized carbons (Fsp3) is 0.136. The Labute approximate surface area is 152 Å². The molecule has 0 heterocycles. The Bertz CT molecular complexity index is 765. The minimum Gasteiger partial charge on any atom is -0.478 e. The molecule has 0 fully saturated rings. The summed E-state index contributed by atoms with van der Waals surface area (Å²) < 4.78 is 0. The molecule has 0 aliphatic carbocycles. The van der Waals surface area contributed by atoms with Gasteiger partial charge in [0, 0.05) is 11.8 Å². The van der Waals surface area contributed by atoms with Crippen molar-refractivity contribution in [3.63, 3.8) is 0 Å². The van der Waals surface area contributed by atoms with Crippen molar-refractivity contribution in [2.75, 3.05) is 0 Å². The Morgan fingerprint density at radius 1 is 0.731 bits per heavy atom. The van der Waals surface area contributed by atoms with Gasteiger partial charge >= 0.3 is 5.97 Å². The molecule has 4 N–H and O–H groups in total. The van der Waals surface area contributed by atoms with Gasteiger partial charge in [0.1, 0.15) is 0 Å². The predicted molar refractivity (Wildman–Crippen MR) is 101 cm³/mol. The van der Waals surface area contributed by atoms with E-state index in [4.69, 9.17) is 5.73 Å². The van der Waals surface area contributed by atoms with Gasteiger partial charge < -0.3 is 10.2 Å². The van der Waals surface area contributed by atoms with Crippen molar-refractivity contribution >= 4 is 5.97 Å². The molecule has 4 nitrogen and oxygen atoms in total. The molecule has 4 heteroatoms. The number of carboxylic acid groups (broad SMARTS) is 1. The first-order valence-corrected chi connectivity index (χ1v) is 8.38. The molecule has 1 unspecified atom stereocenters. The monoisotopic (exact) mass is 347 g/mol. The Hall–Kier alpha value is -2.95. The number of carboxylic acids is 1. The second-order valence-corrected chi connectivity index (χ2v) is 6.41. The summed E-state index contributed by atoms with van der Waals surface area (Å²) in [7, 11) is 0. The van der Waals surface area contributed by atoms with E-state index in [-0.39, 0.29) is 6.42 Å². The molecule has 0 radical (unpaired) electrons. The van der Waals surface area contributed by atoms with Crippen LogP contribution >= 0.6 is 0 Å². The van der Waals surface area contributed by atoms with Crippen LogP contribution in [0.3, 0.4) is 0 Å². The highest BCUT2D eigenvalue weighted by Gasteiger charge is 2.46. The lowest BCUT2D eigenvalue weighted by atomic mass is 9.65. The average Bonchev–Trinajstić information content (AvgIpc) is 2.68. The van der Waals surface area contributed by atoms with Gasteiger partial charge in [0.25, 0.3) is 0 Å². The van der Waals surface area contributed by atoms with E-state index in [0.29, 0.717) is 0 Å².